The zero-order valence-corrected chi connectivity index (χ0v) is 37.8. The molecular weight excluding hydrogens is 631 g/mol. The first-order valence-electron chi connectivity index (χ1n) is 20.2. The van der Waals surface area contributed by atoms with Crippen molar-refractivity contribution < 1.29 is 0 Å². The van der Waals surface area contributed by atoms with E-state index in [1.54, 1.807) is 5.57 Å². The summed E-state index contributed by atoms with van der Waals surface area (Å²) in [5.74, 6) is 1.46. The van der Waals surface area contributed by atoms with Crippen molar-refractivity contribution in [2.45, 2.75) is 196 Å². The van der Waals surface area contributed by atoms with Crippen LogP contribution in [0.5, 0.6) is 0 Å². The Hall–Kier alpha value is -2.65. The summed E-state index contributed by atoms with van der Waals surface area (Å²) in [6.07, 6.45) is 21.9. The highest BCUT2D eigenvalue weighted by Crippen LogP contribution is 2.29. The van der Waals surface area contributed by atoms with E-state index in [4.69, 9.17) is 5.41 Å². The minimum atomic E-state index is 0. The van der Waals surface area contributed by atoms with Gasteiger partial charge in [0.15, 0.2) is 0 Å². The SMILES string of the molecule is C.C/C=C\C.C=C(C)C.C=C(C)c1ccc(C)c(NC(C)NC)c1.CC(=N)C1CC1.CC1=C(C)C(C)CC=C1.CCCC.CCCC.CCCCC. The number of unbranched alkanes of at least 4 members (excludes halogenated alkanes) is 4. The van der Waals surface area contributed by atoms with Crippen LogP contribution in [-0.2, 0) is 0 Å². The number of allylic oxidation sites excluding steroid dienone is 8. The number of hydrogen-bond acceptors (Lipinski definition) is 3. The summed E-state index contributed by atoms with van der Waals surface area (Å²) in [6.45, 7) is 43.4. The molecule has 0 radical (unpaired) electrons. The average Bonchev–Trinajstić information content (AvgIpc) is 3.96. The number of benzene rings is 1. The molecule has 3 rings (SSSR count). The second-order valence-corrected chi connectivity index (χ2v) is 14.1. The van der Waals surface area contributed by atoms with Gasteiger partial charge in [-0.3, -0.25) is 0 Å². The van der Waals surface area contributed by atoms with Gasteiger partial charge in [-0.15, -0.1) is 6.58 Å². The van der Waals surface area contributed by atoms with E-state index in [2.05, 4.69) is 130 Å². The lowest BCUT2D eigenvalue weighted by molar-refractivity contribution is 0.678. The molecule has 2 unspecified atom stereocenters. The summed E-state index contributed by atoms with van der Waals surface area (Å²) in [5, 5.41) is 13.6. The Morgan fingerprint density at radius 2 is 1.29 bits per heavy atom. The molecule has 0 amide bonds. The Morgan fingerprint density at radius 1 is 0.846 bits per heavy atom. The highest BCUT2D eigenvalue weighted by Gasteiger charge is 2.22. The molecule has 0 aliphatic heterocycles. The molecule has 0 saturated heterocycles. The van der Waals surface area contributed by atoms with Gasteiger partial charge < -0.3 is 16.0 Å². The molecule has 2 aliphatic rings. The molecule has 2 atom stereocenters. The first kappa shape index (κ1) is 61.4. The van der Waals surface area contributed by atoms with Gasteiger partial charge in [-0.2, -0.15) is 0 Å². The molecule has 3 heteroatoms. The smallest absolute Gasteiger partial charge is 0.0736 e. The summed E-state index contributed by atoms with van der Waals surface area (Å²) < 4.78 is 0. The highest BCUT2D eigenvalue weighted by atomic mass is 15.1. The maximum Gasteiger partial charge on any atom is 0.0736 e. The van der Waals surface area contributed by atoms with E-state index < -0.39 is 0 Å². The van der Waals surface area contributed by atoms with Crippen LogP contribution in [0.2, 0.25) is 0 Å². The van der Waals surface area contributed by atoms with E-state index in [0.717, 1.165) is 22.9 Å². The number of anilines is 1. The molecule has 0 spiro atoms. The van der Waals surface area contributed by atoms with Crippen LogP contribution >= 0.6 is 0 Å². The molecule has 2 aliphatic carbocycles. The largest absolute Gasteiger partial charge is 0.370 e. The summed E-state index contributed by atoms with van der Waals surface area (Å²) in [4.78, 5) is 0. The van der Waals surface area contributed by atoms with Gasteiger partial charge in [0.25, 0.3) is 0 Å². The number of nitrogens with one attached hydrogen (secondary N) is 3. The third-order valence-corrected chi connectivity index (χ3v) is 7.98. The number of hydrogen-bond donors (Lipinski definition) is 3. The molecule has 1 fully saturated rings. The van der Waals surface area contributed by atoms with Gasteiger partial charge in [-0.25, -0.2) is 0 Å². The van der Waals surface area contributed by atoms with E-state index >= 15 is 0 Å². The van der Waals surface area contributed by atoms with Crippen molar-refractivity contribution in [1.82, 2.24) is 5.32 Å². The monoisotopic (exact) mass is 726 g/mol. The van der Waals surface area contributed by atoms with Crippen molar-refractivity contribution in [3.63, 3.8) is 0 Å². The standard InChI is InChI=1S/C13H20N2.C9H14.C5H9N.C5H12.C4H8.2C4H10.C4H8.CH4/c1-9(2)12-7-6-10(3)13(8-12)15-11(4)14-5;1-7-5-4-6-8(2)9(7)3;1-4(6)5-2-3-5;1-3-5-4-2;1-4(2)3;3*1-3-4-2;/h6-8,11,14-15H,1H2,2-5H3;4-5,8H,6H2,1-3H3;5-6H,2-3H2,1H3;3-5H2,1-2H3;1H2,2-3H3;2*3-4H2,1-2H3;3-4H,1-2H3;1H4/b;;;;;;;4-3-;. The fourth-order valence-corrected chi connectivity index (χ4v) is 3.36. The molecule has 0 aromatic heterocycles. The van der Waals surface area contributed by atoms with Gasteiger partial charge in [0, 0.05) is 11.4 Å². The quantitative estimate of drug-likeness (QED) is 0.135. The summed E-state index contributed by atoms with van der Waals surface area (Å²) in [7, 11) is 1.94. The predicted octanol–water partition coefficient (Wildman–Crippen LogP) is 17.0. The van der Waals surface area contributed by atoms with Crippen LogP contribution < -0.4 is 10.6 Å². The maximum absolute atomic E-state index is 7.01. The first-order valence-corrected chi connectivity index (χ1v) is 20.2. The summed E-state index contributed by atoms with van der Waals surface area (Å²) in [6, 6.07) is 6.37. The van der Waals surface area contributed by atoms with Crippen molar-refractivity contribution in [2.75, 3.05) is 12.4 Å². The lowest BCUT2D eigenvalue weighted by atomic mass is 9.90. The Morgan fingerprint density at radius 3 is 1.52 bits per heavy atom. The molecular formula is C49H95N3. The minimum absolute atomic E-state index is 0. The third kappa shape index (κ3) is 47.4. The molecule has 3 nitrogen and oxygen atoms in total. The van der Waals surface area contributed by atoms with Gasteiger partial charge in [-0.05, 0) is 125 Å². The summed E-state index contributed by atoms with van der Waals surface area (Å²) >= 11 is 0. The maximum atomic E-state index is 7.01. The van der Waals surface area contributed by atoms with Crippen LogP contribution in [0.3, 0.4) is 0 Å². The van der Waals surface area contributed by atoms with Gasteiger partial charge >= 0.3 is 0 Å². The Balaban J connectivity index is -0.000000124. The lowest BCUT2D eigenvalue weighted by Gasteiger charge is -2.17. The van der Waals surface area contributed by atoms with Gasteiger partial charge in [0.2, 0.25) is 0 Å². The van der Waals surface area contributed by atoms with Crippen LogP contribution in [-0.4, -0.2) is 18.9 Å². The van der Waals surface area contributed by atoms with E-state index in [1.165, 1.54) is 86.5 Å². The Kier molecular flexibility index (Phi) is 52.5. The summed E-state index contributed by atoms with van der Waals surface area (Å²) in [5.41, 5.74) is 9.74. The first-order chi connectivity index (χ1) is 23.9. The second kappa shape index (κ2) is 44.5. The average molecular weight is 726 g/mol. The second-order valence-electron chi connectivity index (χ2n) is 14.1. The fraction of sp³-hybridized carbons (Fsp3) is 0.653. The van der Waals surface area contributed by atoms with E-state index in [-0.39, 0.29) is 13.6 Å². The zero-order valence-electron chi connectivity index (χ0n) is 37.8. The van der Waals surface area contributed by atoms with E-state index in [9.17, 15) is 0 Å². The number of aryl methyl sites for hydroxylation is 1. The molecule has 52 heavy (non-hydrogen) atoms. The van der Waals surface area contributed by atoms with Crippen LogP contribution in [0.1, 0.15) is 194 Å². The third-order valence-electron chi connectivity index (χ3n) is 7.98. The van der Waals surface area contributed by atoms with Gasteiger partial charge in [-0.1, -0.05) is 166 Å². The van der Waals surface area contributed by atoms with Crippen molar-refractivity contribution in [3.05, 3.63) is 83.5 Å². The predicted molar refractivity (Wildman–Crippen MR) is 250 cm³/mol. The van der Waals surface area contributed by atoms with Crippen molar-refractivity contribution in [3.8, 4) is 0 Å². The van der Waals surface area contributed by atoms with Gasteiger partial charge in [0.05, 0.1) is 6.17 Å². The van der Waals surface area contributed by atoms with Gasteiger partial charge in [0.1, 0.15) is 0 Å². The molecule has 0 heterocycles. The molecule has 0 bridgehead atoms. The van der Waals surface area contributed by atoms with Crippen LogP contribution in [0.15, 0.2) is 72.4 Å². The van der Waals surface area contributed by atoms with E-state index in [0.29, 0.717) is 5.92 Å². The van der Waals surface area contributed by atoms with Crippen LogP contribution in [0, 0.1) is 24.2 Å². The van der Waals surface area contributed by atoms with Crippen molar-refractivity contribution in [1.29, 1.82) is 5.41 Å². The molecule has 1 aromatic carbocycles. The van der Waals surface area contributed by atoms with Crippen molar-refractivity contribution >= 4 is 17.0 Å². The Bertz CT molecular complexity index is 1030. The minimum Gasteiger partial charge on any atom is -0.370 e. The number of rotatable bonds is 9. The van der Waals surface area contributed by atoms with Crippen molar-refractivity contribution in [2.24, 2.45) is 11.8 Å². The zero-order chi connectivity index (χ0) is 40.8. The molecule has 3 N–H and O–H groups in total. The van der Waals surface area contributed by atoms with E-state index in [1.807, 2.05) is 60.7 Å². The Labute approximate surface area is 329 Å². The fourth-order valence-electron chi connectivity index (χ4n) is 3.36. The molecule has 306 valence electrons. The topological polar surface area (TPSA) is 47.9 Å². The van der Waals surface area contributed by atoms with Crippen LogP contribution in [0.25, 0.3) is 5.57 Å². The highest BCUT2D eigenvalue weighted by molar-refractivity contribution is 5.83. The normalized spacial score (nSPS) is 13.8. The molecule has 1 saturated carbocycles. The van der Waals surface area contributed by atoms with Crippen LogP contribution in [0.4, 0.5) is 5.69 Å². The lowest BCUT2D eigenvalue weighted by Crippen LogP contribution is -2.30. The molecule has 1 aromatic rings.